The van der Waals surface area contributed by atoms with Gasteiger partial charge in [-0.1, -0.05) is 54.6 Å². The summed E-state index contributed by atoms with van der Waals surface area (Å²) in [4.78, 5) is 17.7. The van der Waals surface area contributed by atoms with Crippen molar-refractivity contribution in [1.82, 2.24) is 0 Å². The number of carbonyl (C=O) groups is 1. The Kier molecular flexibility index (Phi) is 3.58. The number of amides is 1. The van der Waals surface area contributed by atoms with Crippen LogP contribution in [0.2, 0.25) is 0 Å². The van der Waals surface area contributed by atoms with E-state index in [-0.39, 0.29) is 5.91 Å². The molecule has 5 heteroatoms. The highest BCUT2D eigenvalue weighted by atomic mass is 32.2. The van der Waals surface area contributed by atoms with E-state index in [0.717, 1.165) is 27.2 Å². The van der Waals surface area contributed by atoms with Gasteiger partial charge in [-0.3, -0.25) is 4.79 Å². The van der Waals surface area contributed by atoms with Gasteiger partial charge in [-0.25, -0.2) is 9.20 Å². The maximum atomic E-state index is 13.2. The van der Waals surface area contributed by atoms with Crippen LogP contribution in [0.25, 0.3) is 6.08 Å². The lowest BCUT2D eigenvalue weighted by Crippen LogP contribution is -2.42. The fraction of sp³-hybridized carbons (Fsp3) is 0.0400. The molecule has 0 radical (unpaired) electrons. The van der Waals surface area contributed by atoms with Crippen molar-refractivity contribution in [2.24, 2.45) is 4.99 Å². The summed E-state index contributed by atoms with van der Waals surface area (Å²) in [6.45, 7) is 0. The van der Waals surface area contributed by atoms with Gasteiger partial charge in [-0.05, 0) is 30.4 Å². The fourth-order valence-corrected chi connectivity index (χ4v) is 5.36. The van der Waals surface area contributed by atoms with E-state index < -0.39 is 16.4 Å². The summed E-state index contributed by atoms with van der Waals surface area (Å²) in [6, 6.07) is 13.2. The summed E-state index contributed by atoms with van der Waals surface area (Å²) < 4.78 is 19.8. The highest BCUT2D eigenvalue weighted by molar-refractivity contribution is 7.89. The summed E-state index contributed by atoms with van der Waals surface area (Å²) in [5, 5.41) is 0. The molecule has 0 N–H and O–H groups in total. The van der Waals surface area contributed by atoms with Crippen LogP contribution in [-0.4, -0.2) is 21.9 Å². The normalized spacial score (nSPS) is 23.3. The molecule has 1 amide bonds. The van der Waals surface area contributed by atoms with Crippen LogP contribution in [0.15, 0.2) is 105 Å². The smallest absolute Gasteiger partial charge is 0.281 e. The van der Waals surface area contributed by atoms with Crippen LogP contribution >= 0.6 is 0 Å². The number of ether oxygens (including phenoxy) is 1. The molecule has 4 nitrogen and oxygen atoms in total. The fourth-order valence-electron chi connectivity index (χ4n) is 4.22. The second kappa shape index (κ2) is 6.21. The molecule has 0 aromatic heterocycles. The Hall–Kier alpha value is -3.57. The summed E-state index contributed by atoms with van der Waals surface area (Å²) in [6.07, 6.45) is 15.3. The van der Waals surface area contributed by atoms with Gasteiger partial charge in [-0.2, -0.15) is 0 Å². The number of carbonyl (C=O) groups excluding carboxylic acids is 1. The monoisotopic (exact) mass is 409 g/mol. The molecule has 0 bridgehead atoms. The Bertz CT molecular complexity index is 1340. The lowest BCUT2D eigenvalue weighted by Gasteiger charge is -2.41. The Balaban J connectivity index is 1.53. The van der Waals surface area contributed by atoms with E-state index in [0.29, 0.717) is 16.2 Å². The first-order valence-electron chi connectivity index (χ1n) is 9.59. The van der Waals surface area contributed by atoms with Gasteiger partial charge >= 0.3 is 0 Å². The molecule has 2 atom stereocenters. The van der Waals surface area contributed by atoms with E-state index in [2.05, 4.69) is 4.99 Å². The van der Waals surface area contributed by atoms with Crippen molar-refractivity contribution in [1.29, 1.82) is 0 Å². The summed E-state index contributed by atoms with van der Waals surface area (Å²) in [5.41, 5.74) is 3.03. The molecule has 1 spiro atoms. The highest BCUT2D eigenvalue weighted by Gasteiger charge is 2.44. The van der Waals surface area contributed by atoms with Crippen molar-refractivity contribution in [3.63, 3.8) is 0 Å². The van der Waals surface area contributed by atoms with E-state index >= 15 is 0 Å². The quantitative estimate of drug-likeness (QED) is 0.732. The number of nitrogens with zero attached hydrogens (tertiary/aromatic N) is 1. The lowest BCUT2D eigenvalue weighted by molar-refractivity contribution is 0.0998. The molecule has 2 aromatic carbocycles. The van der Waals surface area contributed by atoms with Crippen molar-refractivity contribution in [2.75, 3.05) is 0 Å². The molecular weight excluding hydrogens is 394 g/mol. The van der Waals surface area contributed by atoms with Gasteiger partial charge in [-0.15, -0.1) is 0 Å². The first-order valence-corrected chi connectivity index (χ1v) is 10.7. The average molecular weight is 409 g/mol. The zero-order chi connectivity index (χ0) is 20.3. The van der Waals surface area contributed by atoms with Gasteiger partial charge in [0.25, 0.3) is 5.91 Å². The van der Waals surface area contributed by atoms with E-state index in [1.54, 1.807) is 6.21 Å². The van der Waals surface area contributed by atoms with Crippen LogP contribution in [0.1, 0.15) is 21.5 Å². The predicted molar refractivity (Wildman–Crippen MR) is 117 cm³/mol. The minimum absolute atomic E-state index is 0.296. The molecule has 0 saturated heterocycles. The van der Waals surface area contributed by atoms with Crippen LogP contribution in [-0.2, 0) is 10.8 Å². The zero-order valence-corrected chi connectivity index (χ0v) is 16.6. The van der Waals surface area contributed by atoms with Crippen LogP contribution in [0.4, 0.5) is 0 Å². The van der Waals surface area contributed by atoms with Gasteiger partial charge in [0.2, 0.25) is 0 Å². The predicted octanol–water partition coefficient (Wildman–Crippen LogP) is 4.53. The molecular formula is C25H15NO3S. The number of allylic oxidation sites excluding steroid dienone is 3. The van der Waals surface area contributed by atoms with Gasteiger partial charge in [0.05, 0.1) is 16.4 Å². The molecule has 4 aliphatic rings. The van der Waals surface area contributed by atoms with Crippen molar-refractivity contribution < 1.29 is 13.7 Å². The molecule has 2 aliphatic carbocycles. The second-order valence-corrected chi connectivity index (χ2v) is 8.87. The lowest BCUT2D eigenvalue weighted by atomic mass is 9.77. The summed E-state index contributed by atoms with van der Waals surface area (Å²) in [7, 11) is -1.35. The highest BCUT2D eigenvalue weighted by Crippen LogP contribution is 2.48. The van der Waals surface area contributed by atoms with E-state index in [1.807, 2.05) is 85.0 Å². The second-order valence-electron chi connectivity index (χ2n) is 7.39. The van der Waals surface area contributed by atoms with Crippen LogP contribution in [0.3, 0.4) is 0 Å². The van der Waals surface area contributed by atoms with Gasteiger partial charge in [0, 0.05) is 38.3 Å². The van der Waals surface area contributed by atoms with E-state index in [4.69, 9.17) is 4.74 Å². The van der Waals surface area contributed by atoms with Crippen molar-refractivity contribution in [2.45, 2.75) is 10.5 Å². The largest absolute Gasteiger partial charge is 0.472 e. The Morgan fingerprint density at radius 1 is 0.933 bits per heavy atom. The van der Waals surface area contributed by atoms with Gasteiger partial charge in [0.15, 0.2) is 5.60 Å². The van der Waals surface area contributed by atoms with E-state index in [9.17, 15) is 9.00 Å². The molecule has 6 rings (SSSR count). The van der Waals surface area contributed by atoms with Crippen LogP contribution < -0.4 is 4.74 Å². The van der Waals surface area contributed by atoms with Crippen molar-refractivity contribution in [3.8, 4) is 5.75 Å². The molecule has 2 aromatic rings. The molecule has 0 saturated carbocycles. The van der Waals surface area contributed by atoms with Crippen LogP contribution in [0, 0.1) is 0 Å². The maximum Gasteiger partial charge on any atom is 0.281 e. The first kappa shape index (κ1) is 17.3. The average Bonchev–Trinajstić information content (AvgIpc) is 3.17. The third kappa shape index (κ3) is 2.36. The number of benzene rings is 2. The number of aliphatic imine (C=N–C) groups is 1. The summed E-state index contributed by atoms with van der Waals surface area (Å²) >= 11 is 0. The summed E-state index contributed by atoms with van der Waals surface area (Å²) in [5.74, 6) is 0.228. The Labute approximate surface area is 175 Å². The maximum absolute atomic E-state index is 13.2. The molecule has 2 heterocycles. The number of rotatable bonds is 2. The minimum atomic E-state index is -1.35. The minimum Gasteiger partial charge on any atom is -0.472 e. The van der Waals surface area contributed by atoms with Crippen molar-refractivity contribution >= 4 is 29.0 Å². The SMILES string of the molecule is O=C1N=Cc2ccc3c(c21)OC12C=C(S(=O)c4ccccc4)C=CC1=CC=CC2=C3. The van der Waals surface area contributed by atoms with Gasteiger partial charge in [0.1, 0.15) is 5.75 Å². The van der Waals surface area contributed by atoms with Crippen molar-refractivity contribution in [3.05, 3.63) is 112 Å². The molecule has 2 unspecified atom stereocenters. The number of fused-ring (bicyclic) bond motifs is 3. The number of hydrogen-bond donors (Lipinski definition) is 0. The molecule has 30 heavy (non-hydrogen) atoms. The first-order chi connectivity index (χ1) is 14.7. The molecule has 0 fully saturated rings. The zero-order valence-electron chi connectivity index (χ0n) is 15.7. The Morgan fingerprint density at radius 3 is 2.63 bits per heavy atom. The van der Waals surface area contributed by atoms with Gasteiger partial charge < -0.3 is 4.74 Å². The van der Waals surface area contributed by atoms with Crippen LogP contribution in [0.5, 0.6) is 5.75 Å². The number of hydrogen-bond acceptors (Lipinski definition) is 3. The standard InChI is InChI=1S/C25H15NO3S/c27-24-22-17(15-26-24)10-9-16-13-19-6-4-5-18-11-12-21(14-25(18,19)29-23(16)22)30(28)20-7-2-1-3-8-20/h1-15H. The topological polar surface area (TPSA) is 55.7 Å². The third-order valence-electron chi connectivity index (χ3n) is 5.68. The Morgan fingerprint density at radius 2 is 1.77 bits per heavy atom. The van der Waals surface area contributed by atoms with E-state index in [1.165, 1.54) is 0 Å². The molecule has 144 valence electrons. The third-order valence-corrected chi connectivity index (χ3v) is 7.06. The molecule has 2 aliphatic heterocycles.